The van der Waals surface area contributed by atoms with E-state index in [9.17, 15) is 4.39 Å². The molecule has 1 aromatic heterocycles. The van der Waals surface area contributed by atoms with Crippen LogP contribution in [0.4, 0.5) is 4.39 Å². The first-order valence-electron chi connectivity index (χ1n) is 11.0. The second-order valence-electron chi connectivity index (χ2n) is 8.88. The number of rotatable bonds is 7. The van der Waals surface area contributed by atoms with Crippen LogP contribution in [0.25, 0.3) is 17.1 Å². The number of aromatic nitrogens is 3. The number of ether oxygens (including phenoxy) is 1. The average molecular weight is 462 g/mol. The summed E-state index contributed by atoms with van der Waals surface area (Å²) in [4.78, 5) is 0. The van der Waals surface area contributed by atoms with Crippen molar-refractivity contribution in [2.45, 2.75) is 38.3 Å². The smallest absolute Gasteiger partial charge is 0.196 e. The summed E-state index contributed by atoms with van der Waals surface area (Å²) in [6, 6.07) is 23.2. The topological polar surface area (TPSA) is 39.9 Å². The van der Waals surface area contributed by atoms with E-state index in [2.05, 4.69) is 78.9 Å². The summed E-state index contributed by atoms with van der Waals surface area (Å²) in [6.07, 6.45) is 0. The first kappa shape index (κ1) is 23.1. The maximum Gasteiger partial charge on any atom is 0.196 e. The van der Waals surface area contributed by atoms with Crippen LogP contribution in [0.3, 0.4) is 0 Å². The van der Waals surface area contributed by atoms with E-state index < -0.39 is 0 Å². The van der Waals surface area contributed by atoms with Gasteiger partial charge in [0.25, 0.3) is 0 Å². The van der Waals surface area contributed by atoms with Crippen LogP contribution in [-0.4, -0.2) is 27.1 Å². The molecule has 0 unspecified atom stereocenters. The number of para-hydroxylation sites is 2. The van der Waals surface area contributed by atoms with Crippen molar-refractivity contribution in [3.63, 3.8) is 0 Å². The van der Waals surface area contributed by atoms with Gasteiger partial charge in [0.15, 0.2) is 22.5 Å². The monoisotopic (exact) mass is 461 g/mol. The highest BCUT2D eigenvalue weighted by Crippen LogP contribution is 2.31. The molecule has 0 aliphatic carbocycles. The van der Waals surface area contributed by atoms with Crippen molar-refractivity contribution in [3.8, 4) is 22.8 Å². The minimum absolute atomic E-state index is 0.0848. The molecular formula is C27H28FN3OS. The van der Waals surface area contributed by atoms with E-state index in [1.165, 1.54) is 11.6 Å². The van der Waals surface area contributed by atoms with Crippen LogP contribution in [0.1, 0.15) is 31.9 Å². The zero-order chi connectivity index (χ0) is 23.4. The third-order valence-electron chi connectivity index (χ3n) is 5.41. The van der Waals surface area contributed by atoms with Gasteiger partial charge in [-0.15, -0.1) is 10.2 Å². The summed E-state index contributed by atoms with van der Waals surface area (Å²) in [7, 11) is 0. The van der Waals surface area contributed by atoms with Crippen LogP contribution in [0.15, 0.2) is 78.0 Å². The Hall–Kier alpha value is -3.12. The molecule has 0 radical (unpaired) electrons. The summed E-state index contributed by atoms with van der Waals surface area (Å²) in [6.45, 7) is 9.06. The molecule has 33 heavy (non-hydrogen) atoms. The largest absolute Gasteiger partial charge is 0.490 e. The standard InChI is InChI=1S/C27H28FN3OS/c1-19-9-5-7-11-23(19)31-25(20-13-15-21(16-14-20)27(2,3)4)29-30-26(31)33-18-17-32-24-12-8-6-10-22(24)28/h5-16H,17-18H2,1-4H3. The lowest BCUT2D eigenvalue weighted by molar-refractivity contribution is 0.325. The van der Waals surface area contributed by atoms with Crippen LogP contribution in [-0.2, 0) is 5.41 Å². The van der Waals surface area contributed by atoms with Crippen molar-refractivity contribution in [1.82, 2.24) is 14.8 Å². The van der Waals surface area contributed by atoms with Crippen molar-refractivity contribution in [2.24, 2.45) is 0 Å². The van der Waals surface area contributed by atoms with Gasteiger partial charge in [-0.3, -0.25) is 4.57 Å². The zero-order valence-corrected chi connectivity index (χ0v) is 20.2. The highest BCUT2D eigenvalue weighted by Gasteiger charge is 2.19. The van der Waals surface area contributed by atoms with Crippen LogP contribution < -0.4 is 4.74 Å². The summed E-state index contributed by atoms with van der Waals surface area (Å²) in [5, 5.41) is 9.80. The number of nitrogens with zero attached hydrogens (tertiary/aromatic N) is 3. The Labute approximate surface area is 198 Å². The molecule has 3 aromatic carbocycles. The first-order chi connectivity index (χ1) is 15.8. The Balaban J connectivity index is 1.61. The van der Waals surface area contributed by atoms with Crippen molar-refractivity contribution in [3.05, 3.63) is 89.7 Å². The second-order valence-corrected chi connectivity index (χ2v) is 9.94. The fourth-order valence-corrected chi connectivity index (χ4v) is 4.31. The van der Waals surface area contributed by atoms with Crippen molar-refractivity contribution < 1.29 is 9.13 Å². The van der Waals surface area contributed by atoms with E-state index in [0.717, 1.165) is 27.8 Å². The molecule has 170 valence electrons. The predicted octanol–water partition coefficient (Wildman–Crippen LogP) is 6.85. The number of hydrogen-bond acceptors (Lipinski definition) is 4. The third-order valence-corrected chi connectivity index (χ3v) is 6.30. The Bertz CT molecular complexity index is 1230. The number of thioether (sulfide) groups is 1. The van der Waals surface area contributed by atoms with E-state index in [0.29, 0.717) is 12.4 Å². The van der Waals surface area contributed by atoms with Gasteiger partial charge in [0, 0.05) is 11.3 Å². The maximum atomic E-state index is 13.8. The summed E-state index contributed by atoms with van der Waals surface area (Å²) in [5.74, 6) is 1.31. The zero-order valence-electron chi connectivity index (χ0n) is 19.4. The number of benzene rings is 3. The molecule has 4 aromatic rings. The molecule has 0 saturated heterocycles. The van der Waals surface area contributed by atoms with Gasteiger partial charge >= 0.3 is 0 Å². The molecule has 6 heteroatoms. The van der Waals surface area contributed by atoms with Gasteiger partial charge in [-0.2, -0.15) is 0 Å². The highest BCUT2D eigenvalue weighted by atomic mass is 32.2. The number of halogens is 1. The van der Waals surface area contributed by atoms with Gasteiger partial charge in [0.05, 0.1) is 12.3 Å². The summed E-state index contributed by atoms with van der Waals surface area (Å²) in [5.41, 5.74) is 4.53. The molecule has 0 N–H and O–H groups in total. The Morgan fingerprint density at radius 3 is 2.30 bits per heavy atom. The average Bonchev–Trinajstić information content (AvgIpc) is 3.21. The molecule has 0 bridgehead atoms. The van der Waals surface area contributed by atoms with Crippen molar-refractivity contribution >= 4 is 11.8 Å². The molecule has 0 amide bonds. The molecule has 0 aliphatic heterocycles. The molecule has 0 aliphatic rings. The molecule has 0 saturated carbocycles. The molecule has 0 spiro atoms. The molecule has 0 fully saturated rings. The van der Waals surface area contributed by atoms with Gasteiger partial charge in [-0.25, -0.2) is 4.39 Å². The maximum absolute atomic E-state index is 13.8. The lowest BCUT2D eigenvalue weighted by atomic mass is 9.87. The Morgan fingerprint density at radius 2 is 1.61 bits per heavy atom. The summed E-state index contributed by atoms with van der Waals surface area (Å²) >= 11 is 1.54. The third kappa shape index (κ3) is 5.28. The minimum atomic E-state index is -0.355. The predicted molar refractivity (Wildman–Crippen MR) is 133 cm³/mol. The molecule has 1 heterocycles. The second kappa shape index (κ2) is 9.79. The minimum Gasteiger partial charge on any atom is -0.490 e. The van der Waals surface area contributed by atoms with Crippen LogP contribution >= 0.6 is 11.8 Å². The number of hydrogen-bond donors (Lipinski definition) is 0. The van der Waals surface area contributed by atoms with E-state index >= 15 is 0 Å². The van der Waals surface area contributed by atoms with E-state index in [-0.39, 0.29) is 17.0 Å². The van der Waals surface area contributed by atoms with Crippen LogP contribution in [0.5, 0.6) is 5.75 Å². The normalized spacial score (nSPS) is 11.5. The van der Waals surface area contributed by atoms with Gasteiger partial charge in [0.2, 0.25) is 0 Å². The molecule has 4 nitrogen and oxygen atoms in total. The van der Waals surface area contributed by atoms with Crippen LogP contribution in [0.2, 0.25) is 0 Å². The van der Waals surface area contributed by atoms with E-state index in [1.807, 2.05) is 12.1 Å². The first-order valence-corrected chi connectivity index (χ1v) is 12.0. The lowest BCUT2D eigenvalue weighted by Crippen LogP contribution is -2.10. The van der Waals surface area contributed by atoms with Gasteiger partial charge in [-0.05, 0) is 41.7 Å². The van der Waals surface area contributed by atoms with Gasteiger partial charge in [0.1, 0.15) is 0 Å². The fraction of sp³-hybridized carbons (Fsp3) is 0.259. The molecular weight excluding hydrogens is 433 g/mol. The SMILES string of the molecule is Cc1ccccc1-n1c(SCCOc2ccccc2F)nnc1-c1ccc(C(C)(C)C)cc1. The summed E-state index contributed by atoms with van der Waals surface area (Å²) < 4.78 is 21.5. The lowest BCUT2D eigenvalue weighted by Gasteiger charge is -2.19. The van der Waals surface area contributed by atoms with E-state index in [1.54, 1.807) is 30.0 Å². The van der Waals surface area contributed by atoms with Crippen molar-refractivity contribution in [2.75, 3.05) is 12.4 Å². The number of aryl methyl sites for hydroxylation is 1. The fourth-order valence-electron chi connectivity index (χ4n) is 3.55. The van der Waals surface area contributed by atoms with E-state index in [4.69, 9.17) is 4.74 Å². The molecule has 0 atom stereocenters. The van der Waals surface area contributed by atoms with Gasteiger partial charge in [-0.1, -0.05) is 87.1 Å². The Morgan fingerprint density at radius 1 is 0.909 bits per heavy atom. The van der Waals surface area contributed by atoms with Crippen molar-refractivity contribution in [1.29, 1.82) is 0 Å². The van der Waals surface area contributed by atoms with Crippen LogP contribution in [0, 0.1) is 12.7 Å². The quantitative estimate of drug-likeness (QED) is 0.223. The Kier molecular flexibility index (Phi) is 6.84. The highest BCUT2D eigenvalue weighted by molar-refractivity contribution is 7.99. The molecule has 4 rings (SSSR count). The van der Waals surface area contributed by atoms with Gasteiger partial charge < -0.3 is 4.74 Å².